The summed E-state index contributed by atoms with van der Waals surface area (Å²) < 4.78 is 1.80. The van der Waals surface area contributed by atoms with Crippen molar-refractivity contribution in [3.05, 3.63) is 33.2 Å². The predicted molar refractivity (Wildman–Crippen MR) is 72.9 cm³/mol. The van der Waals surface area contributed by atoms with E-state index in [4.69, 9.17) is 0 Å². The van der Waals surface area contributed by atoms with Crippen LogP contribution in [0, 0.1) is 6.92 Å². The van der Waals surface area contributed by atoms with Gasteiger partial charge in [0.15, 0.2) is 10.1 Å². The molecular weight excluding hydrogens is 320 g/mol. The molecule has 0 amide bonds. The summed E-state index contributed by atoms with van der Waals surface area (Å²) in [5, 5.41) is 8.93. The fraction of sp³-hybridized carbons (Fsp3) is 0.182. The number of hydrogen-bond acceptors (Lipinski definition) is 5. The number of nitrogens with zero attached hydrogens (tertiary/aromatic N) is 2. The molecule has 0 aliphatic carbocycles. The maximum Gasteiger partial charge on any atom is 0.179 e. The van der Waals surface area contributed by atoms with Gasteiger partial charge >= 0.3 is 0 Å². The van der Waals surface area contributed by atoms with Crippen molar-refractivity contribution >= 4 is 44.8 Å². The topological polar surface area (TPSA) is 42.9 Å². The van der Waals surface area contributed by atoms with Gasteiger partial charge in [0.1, 0.15) is 5.01 Å². The third-order valence-corrected chi connectivity index (χ3v) is 4.47. The number of hydrogen-bond donors (Lipinski definition) is 0. The van der Waals surface area contributed by atoms with Gasteiger partial charge in [0, 0.05) is 14.9 Å². The summed E-state index contributed by atoms with van der Waals surface area (Å²) in [6.45, 7) is 3.48. The Labute approximate surface area is 116 Å². The largest absolute Gasteiger partial charge is 0.294 e. The van der Waals surface area contributed by atoms with Gasteiger partial charge in [0.05, 0.1) is 0 Å². The minimum absolute atomic E-state index is 0.0567. The van der Waals surface area contributed by atoms with Crippen LogP contribution in [-0.2, 0) is 0 Å². The average molecular weight is 329 g/mol. The minimum atomic E-state index is 0.0567. The second kappa shape index (κ2) is 5.29. The van der Waals surface area contributed by atoms with Crippen molar-refractivity contribution in [2.24, 2.45) is 0 Å². The number of aromatic nitrogens is 2. The highest BCUT2D eigenvalue weighted by molar-refractivity contribution is 9.10. The molecule has 1 aromatic heterocycles. The van der Waals surface area contributed by atoms with E-state index in [1.54, 1.807) is 6.92 Å². The fourth-order valence-corrected chi connectivity index (χ4v) is 3.79. The third kappa shape index (κ3) is 3.14. The Kier molecular flexibility index (Phi) is 3.96. The zero-order valence-electron chi connectivity index (χ0n) is 9.23. The molecule has 1 heterocycles. The molecule has 0 radical (unpaired) electrons. The Morgan fingerprint density at radius 3 is 2.76 bits per heavy atom. The molecule has 17 heavy (non-hydrogen) atoms. The lowest BCUT2D eigenvalue weighted by atomic mass is 10.1. The van der Waals surface area contributed by atoms with Gasteiger partial charge in [-0.1, -0.05) is 39.0 Å². The number of rotatable bonds is 3. The first-order chi connectivity index (χ1) is 8.06. The monoisotopic (exact) mass is 328 g/mol. The fourth-order valence-electron chi connectivity index (χ4n) is 1.29. The van der Waals surface area contributed by atoms with Gasteiger partial charge in [0.2, 0.25) is 0 Å². The van der Waals surface area contributed by atoms with Crippen molar-refractivity contribution in [3.63, 3.8) is 0 Å². The highest BCUT2D eigenvalue weighted by Crippen LogP contribution is 2.34. The predicted octanol–water partition coefficient (Wildman–Crippen LogP) is 3.96. The number of halogens is 1. The van der Waals surface area contributed by atoms with E-state index in [2.05, 4.69) is 26.1 Å². The SMILES string of the molecule is CC(=O)c1ccc(Br)cc1Sc1nnc(C)s1. The summed E-state index contributed by atoms with van der Waals surface area (Å²) in [5.74, 6) is 0.0567. The van der Waals surface area contributed by atoms with Crippen LogP contribution < -0.4 is 0 Å². The van der Waals surface area contributed by atoms with E-state index in [-0.39, 0.29) is 5.78 Å². The van der Waals surface area contributed by atoms with Crippen LogP contribution >= 0.6 is 39.0 Å². The maximum absolute atomic E-state index is 11.5. The molecule has 1 aromatic carbocycles. The summed E-state index contributed by atoms with van der Waals surface area (Å²) in [6, 6.07) is 5.62. The Balaban J connectivity index is 2.37. The van der Waals surface area contributed by atoms with E-state index >= 15 is 0 Å². The van der Waals surface area contributed by atoms with Gasteiger partial charge in [-0.25, -0.2) is 0 Å². The zero-order valence-corrected chi connectivity index (χ0v) is 12.4. The van der Waals surface area contributed by atoms with Crippen LogP contribution in [0.5, 0.6) is 0 Å². The molecule has 2 rings (SSSR count). The van der Waals surface area contributed by atoms with Gasteiger partial charge in [-0.2, -0.15) is 0 Å². The summed E-state index contributed by atoms with van der Waals surface area (Å²) in [6.07, 6.45) is 0. The van der Waals surface area contributed by atoms with E-state index in [9.17, 15) is 4.79 Å². The van der Waals surface area contributed by atoms with Crippen LogP contribution in [0.3, 0.4) is 0 Å². The van der Waals surface area contributed by atoms with E-state index in [1.165, 1.54) is 23.1 Å². The third-order valence-electron chi connectivity index (χ3n) is 2.03. The number of benzene rings is 1. The molecule has 0 unspecified atom stereocenters. The molecule has 88 valence electrons. The molecule has 0 fully saturated rings. The number of carbonyl (C=O) groups is 1. The Morgan fingerprint density at radius 2 is 2.18 bits per heavy atom. The first-order valence-electron chi connectivity index (χ1n) is 4.84. The van der Waals surface area contributed by atoms with E-state index in [1.807, 2.05) is 25.1 Å². The normalized spacial score (nSPS) is 10.5. The highest BCUT2D eigenvalue weighted by atomic mass is 79.9. The van der Waals surface area contributed by atoms with Crippen LogP contribution in [0.1, 0.15) is 22.3 Å². The smallest absolute Gasteiger partial charge is 0.179 e. The second-order valence-electron chi connectivity index (χ2n) is 3.39. The molecule has 6 heteroatoms. The van der Waals surface area contributed by atoms with Crippen LogP contribution in [0.2, 0.25) is 0 Å². The maximum atomic E-state index is 11.5. The van der Waals surface area contributed by atoms with Crippen molar-refractivity contribution in [3.8, 4) is 0 Å². The van der Waals surface area contributed by atoms with Crippen molar-refractivity contribution in [1.82, 2.24) is 10.2 Å². The standard InChI is InChI=1S/C11H9BrN2OS2/c1-6(15)9-4-3-8(12)5-10(9)17-11-14-13-7(2)16-11/h3-5H,1-2H3. The van der Waals surface area contributed by atoms with Crippen LogP contribution in [0.25, 0.3) is 0 Å². The molecule has 0 spiro atoms. The van der Waals surface area contributed by atoms with Crippen molar-refractivity contribution in [2.75, 3.05) is 0 Å². The lowest BCUT2D eigenvalue weighted by Crippen LogP contribution is -1.94. The molecular formula is C11H9BrN2OS2. The molecule has 0 bridgehead atoms. The minimum Gasteiger partial charge on any atom is -0.294 e. The molecule has 2 aromatic rings. The number of aryl methyl sites for hydroxylation is 1. The van der Waals surface area contributed by atoms with E-state index in [0.717, 1.165) is 18.7 Å². The van der Waals surface area contributed by atoms with Crippen LogP contribution in [-0.4, -0.2) is 16.0 Å². The molecule has 0 saturated carbocycles. The van der Waals surface area contributed by atoms with Gasteiger partial charge < -0.3 is 0 Å². The molecule has 0 aliphatic heterocycles. The van der Waals surface area contributed by atoms with Crippen molar-refractivity contribution in [1.29, 1.82) is 0 Å². The summed E-state index contributed by atoms with van der Waals surface area (Å²) in [5.41, 5.74) is 0.714. The van der Waals surface area contributed by atoms with Gasteiger partial charge in [0.25, 0.3) is 0 Å². The molecule has 0 N–H and O–H groups in total. The van der Waals surface area contributed by atoms with Crippen LogP contribution in [0.4, 0.5) is 0 Å². The lowest BCUT2D eigenvalue weighted by Gasteiger charge is -2.04. The summed E-state index contributed by atoms with van der Waals surface area (Å²) in [7, 11) is 0. The molecule has 0 saturated heterocycles. The Bertz CT molecular complexity index is 568. The zero-order chi connectivity index (χ0) is 12.4. The summed E-state index contributed by atoms with van der Waals surface area (Å²) >= 11 is 6.40. The first kappa shape index (κ1) is 12.7. The summed E-state index contributed by atoms with van der Waals surface area (Å²) in [4.78, 5) is 12.4. The number of carbonyl (C=O) groups excluding carboxylic acids is 1. The number of ketones is 1. The number of Topliss-reactive ketones (excluding diaryl/α,β-unsaturated/α-hetero) is 1. The Hall–Kier alpha value is -0.720. The first-order valence-corrected chi connectivity index (χ1v) is 7.27. The average Bonchev–Trinajstić information content (AvgIpc) is 2.63. The van der Waals surface area contributed by atoms with Crippen molar-refractivity contribution in [2.45, 2.75) is 23.1 Å². The highest BCUT2D eigenvalue weighted by Gasteiger charge is 2.11. The second-order valence-corrected chi connectivity index (χ2v) is 6.77. The van der Waals surface area contributed by atoms with Crippen LogP contribution in [0.15, 0.2) is 31.9 Å². The van der Waals surface area contributed by atoms with Gasteiger partial charge in [-0.15, -0.1) is 10.2 Å². The van der Waals surface area contributed by atoms with Gasteiger partial charge in [-0.3, -0.25) is 4.79 Å². The molecule has 0 aliphatic rings. The quantitative estimate of drug-likeness (QED) is 0.800. The molecule has 0 atom stereocenters. The van der Waals surface area contributed by atoms with E-state index < -0.39 is 0 Å². The van der Waals surface area contributed by atoms with Gasteiger partial charge in [-0.05, 0) is 32.0 Å². The van der Waals surface area contributed by atoms with Crippen molar-refractivity contribution < 1.29 is 4.79 Å². The Morgan fingerprint density at radius 1 is 1.41 bits per heavy atom. The van der Waals surface area contributed by atoms with E-state index in [0.29, 0.717) is 5.56 Å². The molecule has 3 nitrogen and oxygen atoms in total. The lowest BCUT2D eigenvalue weighted by molar-refractivity contribution is 0.101.